The van der Waals surface area contributed by atoms with Crippen molar-refractivity contribution in [1.29, 1.82) is 0 Å². The second kappa shape index (κ2) is 9.03. The molecule has 7 nitrogen and oxygen atoms in total. The van der Waals surface area contributed by atoms with Crippen LogP contribution in [0.3, 0.4) is 0 Å². The van der Waals surface area contributed by atoms with Gasteiger partial charge in [-0.15, -0.1) is 0 Å². The van der Waals surface area contributed by atoms with Crippen molar-refractivity contribution in [2.75, 3.05) is 20.7 Å². The number of aromatic nitrogens is 1. The van der Waals surface area contributed by atoms with Crippen LogP contribution < -0.4 is 4.74 Å². The molecule has 0 unspecified atom stereocenters. The molecule has 7 heteroatoms. The van der Waals surface area contributed by atoms with E-state index in [1.54, 1.807) is 36.2 Å². The van der Waals surface area contributed by atoms with Crippen molar-refractivity contribution < 1.29 is 23.6 Å². The fourth-order valence-corrected chi connectivity index (χ4v) is 2.47. The SMILES string of the molecule is COC(=O)CCCN(C)C(=O)c1cccc(OCc2c(C)noc2C)c1. The van der Waals surface area contributed by atoms with E-state index in [-0.39, 0.29) is 18.3 Å². The first-order chi connectivity index (χ1) is 12.4. The molecule has 0 fully saturated rings. The van der Waals surface area contributed by atoms with Crippen LogP contribution in [0.4, 0.5) is 0 Å². The highest BCUT2D eigenvalue weighted by Gasteiger charge is 2.14. The van der Waals surface area contributed by atoms with Gasteiger partial charge in [0.25, 0.3) is 5.91 Å². The van der Waals surface area contributed by atoms with Gasteiger partial charge < -0.3 is 18.9 Å². The number of ether oxygens (including phenoxy) is 2. The Hall–Kier alpha value is -2.83. The lowest BCUT2D eigenvalue weighted by Crippen LogP contribution is -2.28. The average molecular weight is 360 g/mol. The Balaban J connectivity index is 1.94. The highest BCUT2D eigenvalue weighted by Crippen LogP contribution is 2.19. The summed E-state index contributed by atoms with van der Waals surface area (Å²) in [4.78, 5) is 25.2. The third-order valence-electron chi connectivity index (χ3n) is 4.09. The Morgan fingerprint density at radius 2 is 2.04 bits per heavy atom. The molecule has 1 aromatic heterocycles. The summed E-state index contributed by atoms with van der Waals surface area (Å²) in [6, 6.07) is 7.02. The summed E-state index contributed by atoms with van der Waals surface area (Å²) in [7, 11) is 3.06. The summed E-state index contributed by atoms with van der Waals surface area (Å²) in [5, 5.41) is 3.90. The van der Waals surface area contributed by atoms with Gasteiger partial charge in [-0.25, -0.2) is 0 Å². The predicted octanol–water partition coefficient (Wildman–Crippen LogP) is 2.90. The summed E-state index contributed by atoms with van der Waals surface area (Å²) < 4.78 is 15.5. The summed E-state index contributed by atoms with van der Waals surface area (Å²) in [5.74, 6) is 0.914. The first-order valence-electron chi connectivity index (χ1n) is 8.39. The zero-order valence-corrected chi connectivity index (χ0v) is 15.6. The van der Waals surface area contributed by atoms with Gasteiger partial charge in [-0.2, -0.15) is 0 Å². The van der Waals surface area contributed by atoms with Crippen molar-refractivity contribution in [3.63, 3.8) is 0 Å². The quantitative estimate of drug-likeness (QED) is 0.673. The van der Waals surface area contributed by atoms with Crippen molar-refractivity contribution in [1.82, 2.24) is 10.1 Å². The largest absolute Gasteiger partial charge is 0.489 e. The van der Waals surface area contributed by atoms with E-state index in [1.165, 1.54) is 7.11 Å². The number of esters is 1. The maximum Gasteiger partial charge on any atom is 0.305 e. The summed E-state index contributed by atoms with van der Waals surface area (Å²) >= 11 is 0. The minimum absolute atomic E-state index is 0.127. The van der Waals surface area contributed by atoms with Gasteiger partial charge in [0, 0.05) is 25.6 Å². The second-order valence-electron chi connectivity index (χ2n) is 6.03. The molecule has 0 spiro atoms. The minimum atomic E-state index is -0.277. The van der Waals surface area contributed by atoms with Gasteiger partial charge in [0.05, 0.1) is 18.4 Å². The van der Waals surface area contributed by atoms with Crippen LogP contribution in [0, 0.1) is 13.8 Å². The fourth-order valence-electron chi connectivity index (χ4n) is 2.47. The standard InChI is InChI=1S/C19H24N2O5/c1-13-17(14(2)26-20-13)12-25-16-8-5-7-15(11-16)19(23)21(3)10-6-9-18(22)24-4/h5,7-8,11H,6,9-10,12H2,1-4H3. The molecule has 1 aromatic carbocycles. The van der Waals surface area contributed by atoms with Crippen molar-refractivity contribution >= 4 is 11.9 Å². The number of nitrogens with zero attached hydrogens (tertiary/aromatic N) is 2. The van der Waals surface area contributed by atoms with E-state index < -0.39 is 0 Å². The third kappa shape index (κ3) is 5.08. The van der Waals surface area contributed by atoms with Crippen molar-refractivity contribution in [3.8, 4) is 5.75 Å². The van der Waals surface area contributed by atoms with E-state index in [4.69, 9.17) is 9.26 Å². The number of hydrogen-bond donors (Lipinski definition) is 0. The highest BCUT2D eigenvalue weighted by atomic mass is 16.5. The Kier molecular flexibility index (Phi) is 6.77. The Labute approximate surface area is 152 Å². The highest BCUT2D eigenvalue weighted by molar-refractivity contribution is 5.94. The topological polar surface area (TPSA) is 81.9 Å². The molecule has 0 bridgehead atoms. The van der Waals surface area contributed by atoms with Crippen LogP contribution in [0.15, 0.2) is 28.8 Å². The van der Waals surface area contributed by atoms with E-state index >= 15 is 0 Å². The van der Waals surface area contributed by atoms with Gasteiger partial charge in [0.15, 0.2) is 0 Å². The van der Waals surface area contributed by atoms with Crippen LogP contribution in [-0.2, 0) is 16.1 Å². The smallest absolute Gasteiger partial charge is 0.305 e. The number of rotatable bonds is 8. The molecular weight excluding hydrogens is 336 g/mol. The molecule has 140 valence electrons. The molecule has 0 aliphatic rings. The maximum atomic E-state index is 12.5. The van der Waals surface area contributed by atoms with Gasteiger partial charge in [0.1, 0.15) is 18.1 Å². The molecule has 2 rings (SSSR count). The number of aryl methyl sites for hydroxylation is 2. The normalized spacial score (nSPS) is 10.5. The van der Waals surface area contributed by atoms with Crippen molar-refractivity contribution in [2.45, 2.75) is 33.3 Å². The molecule has 26 heavy (non-hydrogen) atoms. The van der Waals surface area contributed by atoms with Crippen LogP contribution in [-0.4, -0.2) is 42.6 Å². The van der Waals surface area contributed by atoms with Crippen LogP contribution in [0.1, 0.15) is 40.2 Å². The zero-order chi connectivity index (χ0) is 19.1. The number of hydrogen-bond acceptors (Lipinski definition) is 6. The summed E-state index contributed by atoms with van der Waals surface area (Å²) in [6.45, 7) is 4.49. The molecule has 0 aliphatic carbocycles. The van der Waals surface area contributed by atoms with Gasteiger partial charge >= 0.3 is 5.97 Å². The Bertz CT molecular complexity index is 750. The van der Waals surface area contributed by atoms with Gasteiger partial charge in [0.2, 0.25) is 0 Å². The molecule has 1 heterocycles. The summed E-state index contributed by atoms with van der Waals surface area (Å²) in [5.41, 5.74) is 2.23. The number of methoxy groups -OCH3 is 1. The molecule has 0 radical (unpaired) electrons. The van der Waals surface area contributed by atoms with Crippen LogP contribution in [0.2, 0.25) is 0 Å². The predicted molar refractivity (Wildman–Crippen MR) is 95.0 cm³/mol. The number of carbonyl (C=O) groups is 2. The van der Waals surface area contributed by atoms with Crippen molar-refractivity contribution in [3.05, 3.63) is 46.8 Å². The van der Waals surface area contributed by atoms with Gasteiger partial charge in [-0.05, 0) is 38.5 Å². The molecule has 0 aliphatic heterocycles. The fraction of sp³-hybridized carbons (Fsp3) is 0.421. The van der Waals surface area contributed by atoms with Crippen LogP contribution in [0.25, 0.3) is 0 Å². The molecule has 0 N–H and O–H groups in total. The molecule has 0 atom stereocenters. The van der Waals surface area contributed by atoms with E-state index in [0.29, 0.717) is 30.9 Å². The molecule has 2 aromatic rings. The average Bonchev–Trinajstić information content (AvgIpc) is 2.97. The second-order valence-corrected chi connectivity index (χ2v) is 6.03. The number of benzene rings is 1. The molecule has 1 amide bonds. The van der Waals surface area contributed by atoms with E-state index in [9.17, 15) is 9.59 Å². The van der Waals surface area contributed by atoms with E-state index in [0.717, 1.165) is 17.0 Å². The van der Waals surface area contributed by atoms with Crippen LogP contribution in [0.5, 0.6) is 5.75 Å². The number of carbonyl (C=O) groups excluding carboxylic acids is 2. The third-order valence-corrected chi connectivity index (χ3v) is 4.09. The maximum absolute atomic E-state index is 12.5. The zero-order valence-electron chi connectivity index (χ0n) is 15.6. The Morgan fingerprint density at radius 1 is 1.27 bits per heavy atom. The Morgan fingerprint density at radius 3 is 2.69 bits per heavy atom. The van der Waals surface area contributed by atoms with E-state index in [2.05, 4.69) is 9.89 Å². The lowest BCUT2D eigenvalue weighted by molar-refractivity contribution is -0.140. The number of amides is 1. The lowest BCUT2D eigenvalue weighted by Gasteiger charge is -2.17. The first kappa shape index (κ1) is 19.5. The van der Waals surface area contributed by atoms with Crippen LogP contribution >= 0.6 is 0 Å². The first-order valence-corrected chi connectivity index (χ1v) is 8.39. The molecular formula is C19H24N2O5. The van der Waals surface area contributed by atoms with Gasteiger partial charge in [-0.1, -0.05) is 11.2 Å². The summed E-state index contributed by atoms with van der Waals surface area (Å²) in [6.07, 6.45) is 0.839. The van der Waals surface area contributed by atoms with Crippen molar-refractivity contribution in [2.24, 2.45) is 0 Å². The molecule has 0 saturated carbocycles. The van der Waals surface area contributed by atoms with E-state index in [1.807, 2.05) is 13.8 Å². The molecule has 0 saturated heterocycles. The van der Waals surface area contributed by atoms with Gasteiger partial charge in [-0.3, -0.25) is 9.59 Å². The minimum Gasteiger partial charge on any atom is -0.489 e. The lowest BCUT2D eigenvalue weighted by atomic mass is 10.1. The monoisotopic (exact) mass is 360 g/mol.